The van der Waals surface area contributed by atoms with Gasteiger partial charge in [-0.05, 0) is 36.2 Å². The minimum atomic E-state index is -0.618. The van der Waals surface area contributed by atoms with Gasteiger partial charge in [0, 0.05) is 12.4 Å². The second-order valence-electron chi connectivity index (χ2n) is 4.33. The van der Waals surface area contributed by atoms with Crippen molar-refractivity contribution in [2.24, 2.45) is 0 Å². The first-order valence-electron chi connectivity index (χ1n) is 6.13. The van der Waals surface area contributed by atoms with Crippen LogP contribution in [-0.4, -0.2) is 28.3 Å². The van der Waals surface area contributed by atoms with Gasteiger partial charge in [0.15, 0.2) is 0 Å². The van der Waals surface area contributed by atoms with Crippen molar-refractivity contribution in [2.45, 2.75) is 12.5 Å². The minimum Gasteiger partial charge on any atom is -0.508 e. The molecule has 102 valence electrons. The number of carbonyl (C=O) groups is 2. The quantitative estimate of drug-likeness (QED) is 0.803. The van der Waals surface area contributed by atoms with Crippen LogP contribution in [0.1, 0.15) is 15.9 Å². The lowest BCUT2D eigenvalue weighted by Gasteiger charge is -2.12. The van der Waals surface area contributed by atoms with Crippen molar-refractivity contribution in [1.29, 1.82) is 0 Å². The van der Waals surface area contributed by atoms with Crippen molar-refractivity contribution >= 4 is 12.2 Å². The number of hydrogen-bond donors (Lipinski definition) is 2. The fraction of sp³-hybridized carbons (Fsp3) is 0.133. The van der Waals surface area contributed by atoms with Crippen molar-refractivity contribution in [2.75, 3.05) is 0 Å². The molecule has 0 bridgehead atoms. The lowest BCUT2D eigenvalue weighted by atomic mass is 10.1. The molecular formula is C15H14N2O3. The third-order valence-corrected chi connectivity index (χ3v) is 2.80. The van der Waals surface area contributed by atoms with Crippen LogP contribution in [0.3, 0.4) is 0 Å². The number of rotatable bonds is 5. The molecule has 0 saturated carbocycles. The van der Waals surface area contributed by atoms with Crippen molar-refractivity contribution in [3.63, 3.8) is 0 Å². The lowest BCUT2D eigenvalue weighted by molar-refractivity contribution is -0.109. The van der Waals surface area contributed by atoms with E-state index in [-0.39, 0.29) is 11.7 Å². The SMILES string of the molecule is O=C[C@H](Cc1ccc(O)cc1)NC(=O)c1cccnc1. The molecule has 1 aromatic carbocycles. The molecule has 5 nitrogen and oxygen atoms in total. The molecule has 0 unspecified atom stereocenters. The molecule has 0 radical (unpaired) electrons. The molecule has 1 atom stereocenters. The molecule has 0 aliphatic carbocycles. The van der Waals surface area contributed by atoms with Crippen LogP contribution in [0.4, 0.5) is 0 Å². The Morgan fingerprint density at radius 1 is 1.30 bits per heavy atom. The molecule has 0 saturated heterocycles. The van der Waals surface area contributed by atoms with Gasteiger partial charge in [-0.2, -0.15) is 0 Å². The molecule has 1 aromatic heterocycles. The van der Waals surface area contributed by atoms with E-state index in [9.17, 15) is 14.7 Å². The van der Waals surface area contributed by atoms with Crippen molar-refractivity contribution in [1.82, 2.24) is 10.3 Å². The summed E-state index contributed by atoms with van der Waals surface area (Å²) < 4.78 is 0. The van der Waals surface area contributed by atoms with Crippen molar-refractivity contribution < 1.29 is 14.7 Å². The second kappa shape index (κ2) is 6.47. The summed E-state index contributed by atoms with van der Waals surface area (Å²) in [5.41, 5.74) is 1.26. The zero-order valence-corrected chi connectivity index (χ0v) is 10.7. The van der Waals surface area contributed by atoms with Crippen LogP contribution in [0.15, 0.2) is 48.8 Å². The number of aldehydes is 1. The average Bonchev–Trinajstić information content (AvgIpc) is 2.49. The number of phenolic OH excluding ortho intramolecular Hbond substituents is 1. The van der Waals surface area contributed by atoms with Gasteiger partial charge in [0.2, 0.25) is 0 Å². The summed E-state index contributed by atoms with van der Waals surface area (Å²) in [6, 6.07) is 9.17. The number of aromatic nitrogens is 1. The first kappa shape index (κ1) is 13.7. The van der Waals surface area contributed by atoms with Crippen LogP contribution in [0.5, 0.6) is 5.75 Å². The first-order valence-corrected chi connectivity index (χ1v) is 6.13. The number of aromatic hydroxyl groups is 1. The van der Waals surface area contributed by atoms with Gasteiger partial charge in [-0.3, -0.25) is 9.78 Å². The summed E-state index contributed by atoms with van der Waals surface area (Å²) >= 11 is 0. The third kappa shape index (κ3) is 3.65. The molecule has 2 N–H and O–H groups in total. The van der Waals surface area contributed by atoms with Gasteiger partial charge in [0.25, 0.3) is 5.91 Å². The van der Waals surface area contributed by atoms with E-state index in [4.69, 9.17) is 0 Å². The fourth-order valence-corrected chi connectivity index (χ4v) is 1.77. The molecule has 0 aliphatic heterocycles. The third-order valence-electron chi connectivity index (χ3n) is 2.80. The molecule has 2 rings (SSSR count). The predicted molar refractivity (Wildman–Crippen MR) is 73.4 cm³/mol. The van der Waals surface area contributed by atoms with Gasteiger partial charge in [-0.25, -0.2) is 0 Å². The molecular weight excluding hydrogens is 256 g/mol. The summed E-state index contributed by atoms with van der Waals surface area (Å²) in [6.45, 7) is 0. The molecule has 0 aliphatic rings. The standard InChI is InChI=1S/C15H14N2O3/c18-10-13(8-11-3-5-14(19)6-4-11)17-15(20)12-2-1-7-16-9-12/h1-7,9-10,13,19H,8H2,(H,17,20)/t13-/m0/s1. The smallest absolute Gasteiger partial charge is 0.253 e. The van der Waals surface area contributed by atoms with E-state index in [1.807, 2.05) is 0 Å². The monoisotopic (exact) mass is 270 g/mol. The maximum Gasteiger partial charge on any atom is 0.253 e. The molecule has 2 aromatic rings. The van der Waals surface area contributed by atoms with E-state index in [2.05, 4.69) is 10.3 Å². The van der Waals surface area contributed by atoms with Gasteiger partial charge in [0.05, 0.1) is 11.6 Å². The Morgan fingerprint density at radius 2 is 2.05 bits per heavy atom. The highest BCUT2D eigenvalue weighted by molar-refractivity contribution is 5.95. The summed E-state index contributed by atoms with van der Waals surface area (Å²) in [4.78, 5) is 26.8. The Morgan fingerprint density at radius 3 is 2.65 bits per heavy atom. The Labute approximate surface area is 116 Å². The molecule has 5 heteroatoms. The number of amides is 1. The predicted octanol–water partition coefficient (Wildman–Crippen LogP) is 1.33. The number of nitrogens with zero attached hydrogens (tertiary/aromatic N) is 1. The summed E-state index contributed by atoms with van der Waals surface area (Å²) in [5, 5.41) is 11.8. The molecule has 1 heterocycles. The van der Waals surface area contributed by atoms with Gasteiger partial charge >= 0.3 is 0 Å². The minimum absolute atomic E-state index is 0.163. The van der Waals surface area contributed by atoms with E-state index in [1.165, 1.54) is 6.20 Å². The number of pyridine rings is 1. The number of carbonyl (C=O) groups excluding carboxylic acids is 2. The normalized spacial score (nSPS) is 11.6. The van der Waals surface area contributed by atoms with E-state index >= 15 is 0 Å². The zero-order valence-electron chi connectivity index (χ0n) is 10.7. The highest BCUT2D eigenvalue weighted by atomic mass is 16.3. The van der Waals surface area contributed by atoms with Gasteiger partial charge in [-0.15, -0.1) is 0 Å². The maximum atomic E-state index is 11.9. The Hall–Kier alpha value is -2.69. The fourth-order valence-electron chi connectivity index (χ4n) is 1.77. The van der Waals surface area contributed by atoms with Crippen molar-refractivity contribution in [3.8, 4) is 5.75 Å². The first-order chi connectivity index (χ1) is 9.69. The highest BCUT2D eigenvalue weighted by Gasteiger charge is 2.13. The van der Waals surface area contributed by atoms with E-state index < -0.39 is 6.04 Å². The van der Waals surface area contributed by atoms with Crippen LogP contribution in [0, 0.1) is 0 Å². The number of phenols is 1. The van der Waals surface area contributed by atoms with Crippen LogP contribution >= 0.6 is 0 Å². The number of benzene rings is 1. The second-order valence-corrected chi connectivity index (χ2v) is 4.33. The van der Waals surface area contributed by atoms with E-state index in [0.29, 0.717) is 18.3 Å². The molecule has 20 heavy (non-hydrogen) atoms. The molecule has 0 spiro atoms. The molecule has 1 amide bonds. The van der Waals surface area contributed by atoms with E-state index in [1.54, 1.807) is 42.6 Å². The Kier molecular flexibility index (Phi) is 4.44. The summed E-state index contributed by atoms with van der Waals surface area (Å²) in [5.74, 6) is -0.176. The highest BCUT2D eigenvalue weighted by Crippen LogP contribution is 2.11. The largest absolute Gasteiger partial charge is 0.508 e. The van der Waals surface area contributed by atoms with E-state index in [0.717, 1.165) is 5.56 Å². The number of nitrogens with one attached hydrogen (secondary N) is 1. The van der Waals surface area contributed by atoms with Crippen LogP contribution < -0.4 is 5.32 Å². The maximum absolute atomic E-state index is 11.9. The summed E-state index contributed by atoms with van der Waals surface area (Å²) in [6.07, 6.45) is 4.08. The van der Waals surface area contributed by atoms with Crippen LogP contribution in [0.2, 0.25) is 0 Å². The lowest BCUT2D eigenvalue weighted by Crippen LogP contribution is -2.37. The van der Waals surface area contributed by atoms with Crippen molar-refractivity contribution in [3.05, 3.63) is 59.9 Å². The van der Waals surface area contributed by atoms with Crippen LogP contribution in [0.25, 0.3) is 0 Å². The topological polar surface area (TPSA) is 79.3 Å². The number of hydrogen-bond acceptors (Lipinski definition) is 4. The van der Waals surface area contributed by atoms with Gasteiger partial charge in [0.1, 0.15) is 12.0 Å². The Balaban J connectivity index is 2.00. The Bertz CT molecular complexity index is 582. The molecule has 0 fully saturated rings. The van der Waals surface area contributed by atoms with Gasteiger partial charge < -0.3 is 15.2 Å². The van der Waals surface area contributed by atoms with Gasteiger partial charge in [-0.1, -0.05) is 12.1 Å². The zero-order chi connectivity index (χ0) is 14.4. The summed E-state index contributed by atoms with van der Waals surface area (Å²) in [7, 11) is 0. The van der Waals surface area contributed by atoms with Crippen LogP contribution in [-0.2, 0) is 11.2 Å². The average molecular weight is 270 g/mol.